The average Bonchev–Trinajstić information content (AvgIpc) is 3.14. The third-order valence-electron chi connectivity index (χ3n) is 6.15. The highest BCUT2D eigenvalue weighted by Crippen LogP contribution is 2.44. The fourth-order valence-corrected chi connectivity index (χ4v) is 4.42. The minimum atomic E-state index is -1.15. The van der Waals surface area contributed by atoms with Gasteiger partial charge in [0.25, 0.3) is 0 Å². The summed E-state index contributed by atoms with van der Waals surface area (Å²) in [6, 6.07) is 21.3. The number of carbonyl (C=O) groups excluding carboxylic acids is 2. The molecule has 4 rings (SSSR count). The minimum absolute atomic E-state index is 0.0327. The number of para-hydroxylation sites is 1. The zero-order valence-corrected chi connectivity index (χ0v) is 19.9. The van der Waals surface area contributed by atoms with Crippen molar-refractivity contribution in [2.45, 2.75) is 32.7 Å². The van der Waals surface area contributed by atoms with E-state index in [9.17, 15) is 19.5 Å². The number of aromatic carboxylic acids is 1. The lowest BCUT2D eigenvalue weighted by atomic mass is 9.86. The van der Waals surface area contributed by atoms with Crippen molar-refractivity contribution >= 4 is 23.7 Å². The van der Waals surface area contributed by atoms with Crippen molar-refractivity contribution in [1.82, 2.24) is 5.32 Å². The lowest BCUT2D eigenvalue weighted by molar-refractivity contribution is -0.120. The highest BCUT2D eigenvalue weighted by atomic mass is 16.5. The summed E-state index contributed by atoms with van der Waals surface area (Å²) in [7, 11) is 0. The summed E-state index contributed by atoms with van der Waals surface area (Å²) in [5, 5.41) is 14.7. The van der Waals surface area contributed by atoms with Crippen molar-refractivity contribution in [3.8, 4) is 11.1 Å². The lowest BCUT2D eigenvalue weighted by Crippen LogP contribution is -2.51. The van der Waals surface area contributed by atoms with E-state index in [0.29, 0.717) is 0 Å². The van der Waals surface area contributed by atoms with Crippen LogP contribution in [0.25, 0.3) is 11.1 Å². The summed E-state index contributed by atoms with van der Waals surface area (Å²) in [4.78, 5) is 37.4. The molecule has 0 saturated heterocycles. The number of alkyl carbamates (subject to hydrolysis) is 1. The van der Waals surface area contributed by atoms with Crippen molar-refractivity contribution in [2.24, 2.45) is 5.41 Å². The van der Waals surface area contributed by atoms with Gasteiger partial charge in [-0.05, 0) is 39.8 Å². The van der Waals surface area contributed by atoms with E-state index in [1.807, 2.05) is 57.2 Å². The van der Waals surface area contributed by atoms with Crippen molar-refractivity contribution in [1.29, 1.82) is 0 Å². The molecular formula is C28H28N2O5. The van der Waals surface area contributed by atoms with Crippen LogP contribution in [-0.2, 0) is 9.53 Å². The average molecular weight is 473 g/mol. The van der Waals surface area contributed by atoms with E-state index < -0.39 is 29.4 Å². The van der Waals surface area contributed by atoms with Crippen molar-refractivity contribution in [3.63, 3.8) is 0 Å². The molecule has 3 aromatic rings. The van der Waals surface area contributed by atoms with E-state index in [0.717, 1.165) is 22.3 Å². The number of fused-ring (bicyclic) bond motifs is 3. The molecule has 0 radical (unpaired) electrons. The maximum absolute atomic E-state index is 13.1. The molecule has 0 bridgehead atoms. The number of carboxylic acid groups (broad SMARTS) is 1. The molecular weight excluding hydrogens is 444 g/mol. The van der Waals surface area contributed by atoms with Gasteiger partial charge in [0.2, 0.25) is 5.91 Å². The molecule has 7 nitrogen and oxygen atoms in total. The topological polar surface area (TPSA) is 105 Å². The third kappa shape index (κ3) is 5.04. The molecule has 1 aliphatic carbocycles. The first-order valence-corrected chi connectivity index (χ1v) is 11.4. The zero-order valence-electron chi connectivity index (χ0n) is 19.9. The standard InChI is InChI=1S/C28H28N2O5/c1-28(2,3)24(25(31)29-23-15-9-8-14-21(23)26(32)33)30-27(34)35-16-22-19-12-6-4-10-17(19)18-11-5-7-13-20(18)22/h4-15,22,24H,16H2,1-3H3,(H,29,31)(H,30,34)(H,32,33). The summed E-state index contributed by atoms with van der Waals surface area (Å²) in [6.45, 7) is 5.55. The Morgan fingerprint density at radius 2 is 1.43 bits per heavy atom. The molecule has 1 atom stereocenters. The molecule has 2 amide bonds. The number of nitrogens with one attached hydrogen (secondary N) is 2. The van der Waals surface area contributed by atoms with E-state index in [-0.39, 0.29) is 23.8 Å². The van der Waals surface area contributed by atoms with Crippen LogP contribution in [0.2, 0.25) is 0 Å². The highest BCUT2D eigenvalue weighted by molar-refractivity contribution is 6.03. The van der Waals surface area contributed by atoms with Crippen LogP contribution in [-0.4, -0.2) is 35.7 Å². The van der Waals surface area contributed by atoms with Crippen LogP contribution in [0.3, 0.4) is 0 Å². The van der Waals surface area contributed by atoms with Crippen LogP contribution in [0.4, 0.5) is 10.5 Å². The maximum Gasteiger partial charge on any atom is 0.407 e. The Bertz CT molecular complexity index is 1230. The van der Waals surface area contributed by atoms with Gasteiger partial charge >= 0.3 is 12.1 Å². The number of carboxylic acids is 1. The Kier molecular flexibility index (Phi) is 6.60. The van der Waals surface area contributed by atoms with Gasteiger partial charge in [0.05, 0.1) is 11.3 Å². The summed E-state index contributed by atoms with van der Waals surface area (Å²) in [6.07, 6.45) is -0.714. The summed E-state index contributed by atoms with van der Waals surface area (Å²) >= 11 is 0. The van der Waals surface area contributed by atoms with Crippen LogP contribution >= 0.6 is 0 Å². The van der Waals surface area contributed by atoms with E-state index in [1.54, 1.807) is 12.1 Å². The number of anilines is 1. The number of hydrogen-bond donors (Lipinski definition) is 3. The van der Waals surface area contributed by atoms with E-state index in [4.69, 9.17) is 4.74 Å². The monoisotopic (exact) mass is 472 g/mol. The molecule has 0 heterocycles. The Morgan fingerprint density at radius 3 is 2.00 bits per heavy atom. The molecule has 3 N–H and O–H groups in total. The summed E-state index contributed by atoms with van der Waals surface area (Å²) < 4.78 is 5.60. The minimum Gasteiger partial charge on any atom is -0.478 e. The van der Waals surface area contributed by atoms with E-state index >= 15 is 0 Å². The van der Waals surface area contributed by atoms with Crippen LogP contribution in [0.1, 0.15) is 48.2 Å². The van der Waals surface area contributed by atoms with E-state index in [1.165, 1.54) is 12.1 Å². The van der Waals surface area contributed by atoms with Gasteiger partial charge in [-0.25, -0.2) is 9.59 Å². The number of rotatable bonds is 6. The highest BCUT2D eigenvalue weighted by Gasteiger charge is 2.35. The van der Waals surface area contributed by atoms with Crippen LogP contribution in [0.5, 0.6) is 0 Å². The number of hydrogen-bond acceptors (Lipinski definition) is 4. The smallest absolute Gasteiger partial charge is 0.407 e. The van der Waals surface area contributed by atoms with Gasteiger partial charge in [-0.1, -0.05) is 81.4 Å². The number of amides is 2. The Morgan fingerprint density at radius 1 is 0.886 bits per heavy atom. The van der Waals surface area contributed by atoms with Gasteiger partial charge in [0.15, 0.2) is 0 Å². The SMILES string of the molecule is CC(C)(C)C(NC(=O)OCC1c2ccccc2-c2ccccc21)C(=O)Nc1ccccc1C(=O)O. The molecule has 7 heteroatoms. The molecule has 35 heavy (non-hydrogen) atoms. The maximum atomic E-state index is 13.1. The third-order valence-corrected chi connectivity index (χ3v) is 6.15. The first kappa shape index (κ1) is 24.0. The predicted octanol–water partition coefficient (Wildman–Crippen LogP) is 5.28. The molecule has 0 saturated carbocycles. The molecule has 3 aromatic carbocycles. The second-order valence-electron chi connectivity index (χ2n) is 9.61. The fraction of sp³-hybridized carbons (Fsp3) is 0.250. The first-order chi connectivity index (χ1) is 16.7. The van der Waals surface area contributed by atoms with Gasteiger partial charge in [-0.2, -0.15) is 0 Å². The normalized spacial score (nSPS) is 13.3. The quantitative estimate of drug-likeness (QED) is 0.453. The molecule has 0 aromatic heterocycles. The van der Waals surface area contributed by atoms with Gasteiger partial charge in [0.1, 0.15) is 12.6 Å². The Labute approximate surface area is 204 Å². The van der Waals surface area contributed by atoms with Gasteiger partial charge in [-0.3, -0.25) is 4.79 Å². The zero-order chi connectivity index (χ0) is 25.2. The van der Waals surface area contributed by atoms with Gasteiger partial charge in [0, 0.05) is 5.92 Å². The van der Waals surface area contributed by atoms with Crippen molar-refractivity contribution in [2.75, 3.05) is 11.9 Å². The molecule has 0 spiro atoms. The fourth-order valence-electron chi connectivity index (χ4n) is 4.42. The predicted molar refractivity (Wildman–Crippen MR) is 133 cm³/mol. The lowest BCUT2D eigenvalue weighted by Gasteiger charge is -2.30. The summed E-state index contributed by atoms with van der Waals surface area (Å²) in [5.41, 5.74) is 3.91. The van der Waals surface area contributed by atoms with E-state index in [2.05, 4.69) is 22.8 Å². The molecule has 0 aliphatic heterocycles. The van der Waals surface area contributed by atoms with Gasteiger partial charge < -0.3 is 20.5 Å². The number of ether oxygens (including phenoxy) is 1. The van der Waals surface area contributed by atoms with Crippen LogP contribution in [0.15, 0.2) is 72.8 Å². The van der Waals surface area contributed by atoms with Crippen LogP contribution in [0, 0.1) is 5.41 Å². The second-order valence-corrected chi connectivity index (χ2v) is 9.61. The van der Waals surface area contributed by atoms with Crippen molar-refractivity contribution in [3.05, 3.63) is 89.5 Å². The Balaban J connectivity index is 1.47. The number of benzene rings is 3. The second kappa shape index (κ2) is 9.62. The summed E-state index contributed by atoms with van der Waals surface area (Å²) in [5.74, 6) is -1.78. The van der Waals surface area contributed by atoms with Crippen molar-refractivity contribution < 1.29 is 24.2 Å². The largest absolute Gasteiger partial charge is 0.478 e. The number of carbonyl (C=O) groups is 3. The Hall–Kier alpha value is -4.13. The molecule has 180 valence electrons. The molecule has 1 unspecified atom stereocenters. The van der Waals surface area contributed by atoms with Gasteiger partial charge in [-0.15, -0.1) is 0 Å². The molecule has 1 aliphatic rings. The molecule has 0 fully saturated rings. The van der Waals surface area contributed by atoms with Crippen LogP contribution < -0.4 is 10.6 Å². The first-order valence-electron chi connectivity index (χ1n) is 11.4.